The van der Waals surface area contributed by atoms with Gasteiger partial charge in [0, 0.05) is 5.56 Å². The van der Waals surface area contributed by atoms with Crippen molar-refractivity contribution < 1.29 is 19.1 Å². The van der Waals surface area contributed by atoms with E-state index < -0.39 is 11.9 Å². The molecule has 0 radical (unpaired) electrons. The van der Waals surface area contributed by atoms with E-state index in [4.69, 9.17) is 9.47 Å². The topological polar surface area (TPSA) is 52.6 Å². The maximum Gasteiger partial charge on any atom is 0.345 e. The molecule has 0 aromatic carbocycles. The van der Waals surface area contributed by atoms with Gasteiger partial charge in [-0.15, -0.1) is 11.3 Å². The van der Waals surface area contributed by atoms with Crippen LogP contribution in [0.25, 0.3) is 6.08 Å². The fourth-order valence-corrected chi connectivity index (χ4v) is 5.08. The zero-order chi connectivity index (χ0) is 20.1. The summed E-state index contributed by atoms with van der Waals surface area (Å²) in [6.45, 7) is 4.88. The van der Waals surface area contributed by atoms with E-state index in [1.54, 1.807) is 0 Å². The Bertz CT molecular complexity index is 597. The van der Waals surface area contributed by atoms with E-state index in [1.165, 1.54) is 17.4 Å². The number of unbranched alkanes of at least 4 members (excludes halogenated alkanes) is 6. The van der Waals surface area contributed by atoms with Crippen molar-refractivity contribution in [2.75, 3.05) is 13.2 Å². The molecule has 1 aromatic heterocycles. The molecule has 1 rings (SSSR count). The SMILES string of the molecule is CCCCCCOC(=O)C(=Cc1cc(Br)sc1Br)C(=O)OCCCCCC. The standard InChI is InChI=1S/C20H28Br2O4S/c1-3-5-7-9-11-25-19(23)16(13-15-14-17(21)27-18(15)22)20(24)26-12-10-8-6-4-2/h13-14H,3-12H2,1-2H3. The molecule has 0 bridgehead atoms. The van der Waals surface area contributed by atoms with E-state index in [0.717, 1.165) is 64.5 Å². The Morgan fingerprint density at radius 2 is 1.44 bits per heavy atom. The molecular formula is C20H28Br2O4S. The first-order valence-electron chi connectivity index (χ1n) is 9.50. The van der Waals surface area contributed by atoms with Gasteiger partial charge in [-0.1, -0.05) is 52.4 Å². The third kappa shape index (κ3) is 9.90. The van der Waals surface area contributed by atoms with Crippen molar-refractivity contribution in [2.24, 2.45) is 0 Å². The third-order valence-electron chi connectivity index (χ3n) is 3.88. The number of rotatable bonds is 13. The smallest absolute Gasteiger partial charge is 0.345 e. The van der Waals surface area contributed by atoms with Crippen LogP contribution in [0.4, 0.5) is 0 Å². The Hall–Kier alpha value is -0.660. The molecule has 0 unspecified atom stereocenters. The van der Waals surface area contributed by atoms with Gasteiger partial charge in [0.05, 0.1) is 20.8 Å². The molecule has 0 spiro atoms. The Morgan fingerprint density at radius 3 is 1.85 bits per heavy atom. The molecule has 0 N–H and O–H groups in total. The number of carbonyl (C=O) groups is 2. The summed E-state index contributed by atoms with van der Waals surface area (Å²) in [5.74, 6) is -1.25. The number of halogens is 2. The lowest BCUT2D eigenvalue weighted by Gasteiger charge is -2.09. The van der Waals surface area contributed by atoms with Crippen molar-refractivity contribution >= 4 is 61.2 Å². The van der Waals surface area contributed by atoms with E-state index in [2.05, 4.69) is 45.7 Å². The summed E-state index contributed by atoms with van der Waals surface area (Å²) in [6, 6.07) is 1.85. The maximum absolute atomic E-state index is 12.5. The largest absolute Gasteiger partial charge is 0.462 e. The molecule has 0 amide bonds. The van der Waals surface area contributed by atoms with Crippen molar-refractivity contribution in [1.82, 2.24) is 0 Å². The van der Waals surface area contributed by atoms with E-state index >= 15 is 0 Å². The molecule has 0 aliphatic rings. The second-order valence-electron chi connectivity index (χ2n) is 6.23. The molecular weight excluding hydrogens is 496 g/mol. The van der Waals surface area contributed by atoms with Crippen LogP contribution >= 0.6 is 43.2 Å². The molecule has 1 aromatic rings. The van der Waals surface area contributed by atoms with Gasteiger partial charge in [0.25, 0.3) is 0 Å². The van der Waals surface area contributed by atoms with Crippen molar-refractivity contribution in [2.45, 2.75) is 65.2 Å². The number of carbonyl (C=O) groups excluding carboxylic acids is 2. The van der Waals surface area contributed by atoms with E-state index in [1.807, 2.05) is 6.07 Å². The molecule has 152 valence electrons. The molecule has 1 heterocycles. The lowest BCUT2D eigenvalue weighted by Crippen LogP contribution is -2.19. The fraction of sp³-hybridized carbons (Fsp3) is 0.600. The van der Waals surface area contributed by atoms with Crippen LogP contribution in [0.5, 0.6) is 0 Å². The van der Waals surface area contributed by atoms with Gasteiger partial charge >= 0.3 is 11.9 Å². The number of hydrogen-bond acceptors (Lipinski definition) is 5. The Balaban J connectivity index is 2.75. The lowest BCUT2D eigenvalue weighted by atomic mass is 10.2. The lowest BCUT2D eigenvalue weighted by molar-refractivity contribution is -0.147. The summed E-state index contributed by atoms with van der Waals surface area (Å²) in [7, 11) is 0. The summed E-state index contributed by atoms with van der Waals surface area (Å²) >= 11 is 8.32. The van der Waals surface area contributed by atoms with Crippen LogP contribution in [-0.2, 0) is 19.1 Å². The molecule has 27 heavy (non-hydrogen) atoms. The molecule has 0 saturated heterocycles. The van der Waals surface area contributed by atoms with Crippen LogP contribution in [0.3, 0.4) is 0 Å². The fourth-order valence-electron chi connectivity index (χ4n) is 2.35. The first-order chi connectivity index (χ1) is 13.0. The molecule has 0 fully saturated rings. The van der Waals surface area contributed by atoms with Gasteiger partial charge in [-0.25, -0.2) is 9.59 Å². The van der Waals surface area contributed by atoms with E-state index in [-0.39, 0.29) is 5.57 Å². The number of hydrogen-bond donors (Lipinski definition) is 0. The maximum atomic E-state index is 12.5. The van der Waals surface area contributed by atoms with Crippen molar-refractivity contribution in [3.63, 3.8) is 0 Å². The molecule has 7 heteroatoms. The zero-order valence-electron chi connectivity index (χ0n) is 16.0. The first-order valence-corrected chi connectivity index (χ1v) is 11.9. The Kier molecular flexibility index (Phi) is 13.0. The number of ether oxygens (including phenoxy) is 2. The quantitative estimate of drug-likeness (QED) is 0.0926. The first kappa shape index (κ1) is 24.4. The molecule has 0 aliphatic heterocycles. The molecule has 0 atom stereocenters. The summed E-state index contributed by atoms with van der Waals surface area (Å²) in [5, 5.41) is 0. The highest BCUT2D eigenvalue weighted by Crippen LogP contribution is 2.33. The second kappa shape index (κ2) is 14.4. The van der Waals surface area contributed by atoms with Crippen molar-refractivity contribution in [3.05, 3.63) is 24.8 Å². The highest BCUT2D eigenvalue weighted by atomic mass is 79.9. The van der Waals surface area contributed by atoms with Gasteiger partial charge in [0.1, 0.15) is 5.57 Å². The highest BCUT2D eigenvalue weighted by molar-refractivity contribution is 9.12. The zero-order valence-corrected chi connectivity index (χ0v) is 20.0. The van der Waals surface area contributed by atoms with Gasteiger partial charge in [0.15, 0.2) is 0 Å². The van der Waals surface area contributed by atoms with Crippen LogP contribution in [0, 0.1) is 0 Å². The minimum Gasteiger partial charge on any atom is -0.462 e. The van der Waals surface area contributed by atoms with Crippen LogP contribution in [0.2, 0.25) is 0 Å². The van der Waals surface area contributed by atoms with Gasteiger partial charge in [0.2, 0.25) is 0 Å². The van der Waals surface area contributed by atoms with Gasteiger partial charge in [-0.3, -0.25) is 0 Å². The van der Waals surface area contributed by atoms with Crippen LogP contribution in [0.15, 0.2) is 19.2 Å². The second-order valence-corrected chi connectivity index (χ2v) is 9.98. The number of thiophene rings is 1. The predicted molar refractivity (Wildman–Crippen MR) is 118 cm³/mol. The summed E-state index contributed by atoms with van der Waals surface area (Å²) in [4.78, 5) is 24.9. The predicted octanol–water partition coefficient (Wildman–Crippen LogP) is 6.90. The van der Waals surface area contributed by atoms with E-state index in [9.17, 15) is 9.59 Å². The van der Waals surface area contributed by atoms with Crippen LogP contribution < -0.4 is 0 Å². The van der Waals surface area contributed by atoms with Crippen molar-refractivity contribution in [3.8, 4) is 0 Å². The van der Waals surface area contributed by atoms with Crippen molar-refractivity contribution in [1.29, 1.82) is 0 Å². The van der Waals surface area contributed by atoms with Gasteiger partial charge < -0.3 is 9.47 Å². The van der Waals surface area contributed by atoms with Crippen LogP contribution in [0.1, 0.15) is 70.8 Å². The molecule has 4 nitrogen and oxygen atoms in total. The summed E-state index contributed by atoms with van der Waals surface area (Å²) < 4.78 is 12.3. The van der Waals surface area contributed by atoms with Gasteiger partial charge in [-0.05, 0) is 56.8 Å². The monoisotopic (exact) mass is 522 g/mol. The summed E-state index contributed by atoms with van der Waals surface area (Å²) in [6.07, 6.45) is 9.59. The van der Waals surface area contributed by atoms with Crippen LogP contribution in [-0.4, -0.2) is 25.2 Å². The third-order valence-corrected chi connectivity index (χ3v) is 6.27. The minimum absolute atomic E-state index is 0.0630. The Morgan fingerprint density at radius 1 is 0.926 bits per heavy atom. The van der Waals surface area contributed by atoms with Gasteiger partial charge in [-0.2, -0.15) is 0 Å². The number of esters is 2. The molecule has 0 saturated carbocycles. The highest BCUT2D eigenvalue weighted by Gasteiger charge is 2.22. The van der Waals surface area contributed by atoms with E-state index in [0.29, 0.717) is 13.2 Å². The molecule has 0 aliphatic carbocycles. The average Bonchev–Trinajstić information content (AvgIpc) is 2.96. The Labute approximate surface area is 183 Å². The average molecular weight is 524 g/mol. The normalized spacial score (nSPS) is 10.5. The summed E-state index contributed by atoms with van der Waals surface area (Å²) in [5.41, 5.74) is 0.680. The minimum atomic E-state index is -0.626.